The van der Waals surface area contributed by atoms with Gasteiger partial charge in [-0.2, -0.15) is 0 Å². The van der Waals surface area contributed by atoms with Gasteiger partial charge < -0.3 is 14.8 Å². The van der Waals surface area contributed by atoms with Gasteiger partial charge in [-0.3, -0.25) is 4.79 Å². The molecule has 0 saturated heterocycles. The van der Waals surface area contributed by atoms with Crippen molar-refractivity contribution >= 4 is 16.9 Å². The first-order valence-electron chi connectivity index (χ1n) is 6.99. The second kappa shape index (κ2) is 4.54. The first-order valence-corrected chi connectivity index (χ1v) is 6.99. The molecule has 1 fully saturated rings. The summed E-state index contributed by atoms with van der Waals surface area (Å²) in [7, 11) is 1.62. The topological polar surface area (TPSA) is 62.3 Å². The van der Waals surface area contributed by atoms with Gasteiger partial charge >= 0.3 is 5.97 Å². The van der Waals surface area contributed by atoms with Crippen LogP contribution >= 0.6 is 0 Å². The Hall–Kier alpha value is -1.97. The Morgan fingerprint density at radius 3 is 2.65 bits per heavy atom. The maximum absolute atomic E-state index is 11.9. The number of rotatable bonds is 3. The number of fused-ring (bicyclic) bond motifs is 1. The van der Waals surface area contributed by atoms with Crippen LogP contribution in [0.3, 0.4) is 0 Å². The molecule has 0 radical (unpaired) electrons. The van der Waals surface area contributed by atoms with E-state index in [2.05, 4.69) is 4.98 Å². The van der Waals surface area contributed by atoms with Crippen molar-refractivity contribution in [3.05, 3.63) is 29.5 Å². The van der Waals surface area contributed by atoms with E-state index in [0.29, 0.717) is 18.6 Å². The summed E-state index contributed by atoms with van der Waals surface area (Å²) >= 11 is 0. The molecule has 4 heteroatoms. The number of carbonyl (C=O) groups is 1. The number of methoxy groups -OCH3 is 1. The zero-order chi connectivity index (χ0) is 14.3. The Morgan fingerprint density at radius 2 is 2.05 bits per heavy atom. The minimum Gasteiger partial charge on any atom is -0.496 e. The molecule has 1 saturated carbocycles. The highest BCUT2D eigenvalue weighted by Crippen LogP contribution is 2.47. The fraction of sp³-hybridized carbons (Fsp3) is 0.438. The Labute approximate surface area is 117 Å². The molecular weight excluding hydrogens is 254 g/mol. The van der Waals surface area contributed by atoms with Gasteiger partial charge in [0.15, 0.2) is 0 Å². The average Bonchev–Trinajstić information content (AvgIpc) is 3.02. The van der Waals surface area contributed by atoms with Crippen LogP contribution < -0.4 is 4.74 Å². The predicted octanol–water partition coefficient (Wildman–Crippen LogP) is 3.38. The lowest BCUT2D eigenvalue weighted by Gasteiger charge is -2.26. The average molecular weight is 273 g/mol. The quantitative estimate of drug-likeness (QED) is 0.901. The molecule has 3 rings (SSSR count). The largest absolute Gasteiger partial charge is 0.496 e. The number of benzene rings is 1. The van der Waals surface area contributed by atoms with E-state index in [4.69, 9.17) is 4.74 Å². The molecule has 0 atom stereocenters. The van der Waals surface area contributed by atoms with Crippen LogP contribution in [0.4, 0.5) is 0 Å². The van der Waals surface area contributed by atoms with E-state index in [-0.39, 0.29) is 0 Å². The molecule has 1 aliphatic carbocycles. The molecule has 0 bridgehead atoms. The number of carboxylic acids is 1. The van der Waals surface area contributed by atoms with Crippen molar-refractivity contribution in [1.29, 1.82) is 0 Å². The number of aryl methyl sites for hydroxylation is 1. The van der Waals surface area contributed by atoms with Gasteiger partial charge in [0.1, 0.15) is 5.75 Å². The van der Waals surface area contributed by atoms with Crippen LogP contribution in [0.25, 0.3) is 10.9 Å². The lowest BCUT2D eigenvalue weighted by atomic mass is 9.78. The van der Waals surface area contributed by atoms with Crippen LogP contribution in [-0.4, -0.2) is 23.2 Å². The molecule has 1 aliphatic rings. The molecule has 0 spiro atoms. The van der Waals surface area contributed by atoms with Crippen molar-refractivity contribution in [1.82, 2.24) is 4.98 Å². The lowest BCUT2D eigenvalue weighted by Crippen LogP contribution is -2.33. The number of hydrogen-bond acceptors (Lipinski definition) is 2. The van der Waals surface area contributed by atoms with E-state index in [1.807, 2.05) is 25.1 Å². The number of aromatic nitrogens is 1. The summed E-state index contributed by atoms with van der Waals surface area (Å²) in [6.45, 7) is 1.99. The van der Waals surface area contributed by atoms with Crippen LogP contribution in [0.1, 0.15) is 36.9 Å². The zero-order valence-corrected chi connectivity index (χ0v) is 11.8. The standard InChI is InChI=1S/C16H19NO3/c1-10-9-11-13(17-10)6-5-12(14(11)20-2)16(15(18)19)7-3-4-8-16/h5-6,9,17H,3-4,7-8H2,1-2H3,(H,18,19). The summed E-state index contributed by atoms with van der Waals surface area (Å²) in [6.07, 6.45) is 3.29. The van der Waals surface area contributed by atoms with Crippen LogP contribution in [0.15, 0.2) is 18.2 Å². The monoisotopic (exact) mass is 273 g/mol. The van der Waals surface area contributed by atoms with Crippen molar-refractivity contribution < 1.29 is 14.6 Å². The van der Waals surface area contributed by atoms with Gasteiger partial charge in [-0.25, -0.2) is 0 Å². The molecule has 2 aromatic rings. The third-order valence-electron chi connectivity index (χ3n) is 4.47. The van der Waals surface area contributed by atoms with Crippen molar-refractivity contribution in [2.45, 2.75) is 38.0 Å². The number of ether oxygens (including phenoxy) is 1. The third kappa shape index (κ3) is 1.71. The van der Waals surface area contributed by atoms with Crippen molar-refractivity contribution in [3.63, 3.8) is 0 Å². The number of nitrogens with one attached hydrogen (secondary N) is 1. The van der Waals surface area contributed by atoms with E-state index in [9.17, 15) is 9.90 Å². The molecule has 20 heavy (non-hydrogen) atoms. The molecule has 4 nitrogen and oxygen atoms in total. The van der Waals surface area contributed by atoms with Gasteiger partial charge in [-0.05, 0) is 31.9 Å². The van der Waals surface area contributed by atoms with Gasteiger partial charge in [0, 0.05) is 22.2 Å². The number of aliphatic carboxylic acids is 1. The first-order chi connectivity index (χ1) is 9.58. The fourth-order valence-corrected chi connectivity index (χ4v) is 3.49. The molecule has 106 valence electrons. The van der Waals surface area contributed by atoms with Gasteiger partial charge in [0.25, 0.3) is 0 Å². The summed E-state index contributed by atoms with van der Waals surface area (Å²) in [5.74, 6) is -0.0314. The minimum atomic E-state index is -0.787. The maximum atomic E-state index is 11.9. The van der Waals surface area contributed by atoms with Crippen molar-refractivity contribution in [3.8, 4) is 5.75 Å². The van der Waals surface area contributed by atoms with Gasteiger partial charge in [0.2, 0.25) is 0 Å². The molecule has 0 amide bonds. The number of carboxylic acid groups (broad SMARTS) is 1. The second-order valence-electron chi connectivity index (χ2n) is 5.65. The summed E-state index contributed by atoms with van der Waals surface area (Å²) in [4.78, 5) is 15.1. The molecular formula is C16H19NO3. The van der Waals surface area contributed by atoms with Gasteiger partial charge in [-0.1, -0.05) is 18.9 Å². The Bertz CT molecular complexity index is 666. The molecule has 1 heterocycles. The summed E-state index contributed by atoms with van der Waals surface area (Å²) < 4.78 is 5.58. The molecule has 0 aliphatic heterocycles. The third-order valence-corrected chi connectivity index (χ3v) is 4.47. The van der Waals surface area contributed by atoms with Crippen LogP contribution in [0, 0.1) is 6.92 Å². The molecule has 1 aromatic carbocycles. The van der Waals surface area contributed by atoms with E-state index in [0.717, 1.165) is 35.0 Å². The normalized spacial score (nSPS) is 17.5. The minimum absolute atomic E-state index is 0.688. The molecule has 0 unspecified atom stereocenters. The number of hydrogen-bond donors (Lipinski definition) is 2. The van der Waals surface area contributed by atoms with E-state index in [1.165, 1.54) is 0 Å². The molecule has 1 aromatic heterocycles. The van der Waals surface area contributed by atoms with E-state index in [1.54, 1.807) is 7.11 Å². The smallest absolute Gasteiger partial charge is 0.314 e. The fourth-order valence-electron chi connectivity index (χ4n) is 3.49. The first kappa shape index (κ1) is 13.0. The number of aromatic amines is 1. The summed E-state index contributed by atoms with van der Waals surface area (Å²) in [5.41, 5.74) is 2.06. The van der Waals surface area contributed by atoms with Crippen molar-refractivity contribution in [2.75, 3.05) is 7.11 Å². The molecule has 2 N–H and O–H groups in total. The van der Waals surface area contributed by atoms with Gasteiger partial charge in [0.05, 0.1) is 12.5 Å². The van der Waals surface area contributed by atoms with Crippen molar-refractivity contribution in [2.24, 2.45) is 0 Å². The van der Waals surface area contributed by atoms with Crippen LogP contribution in [-0.2, 0) is 10.2 Å². The lowest BCUT2D eigenvalue weighted by molar-refractivity contribution is -0.143. The predicted molar refractivity (Wildman–Crippen MR) is 77.4 cm³/mol. The highest BCUT2D eigenvalue weighted by atomic mass is 16.5. The maximum Gasteiger partial charge on any atom is 0.314 e. The zero-order valence-electron chi connectivity index (χ0n) is 11.8. The SMILES string of the molecule is COc1c(C2(C(=O)O)CCCC2)ccc2[nH]c(C)cc12. The van der Waals surface area contributed by atoms with E-state index >= 15 is 0 Å². The second-order valence-corrected chi connectivity index (χ2v) is 5.65. The van der Waals surface area contributed by atoms with Crippen LogP contribution in [0.5, 0.6) is 5.75 Å². The summed E-state index contributed by atoms with van der Waals surface area (Å²) in [6, 6.07) is 5.89. The Morgan fingerprint density at radius 1 is 1.35 bits per heavy atom. The van der Waals surface area contributed by atoms with Crippen LogP contribution in [0.2, 0.25) is 0 Å². The van der Waals surface area contributed by atoms with Gasteiger partial charge in [-0.15, -0.1) is 0 Å². The summed E-state index contributed by atoms with van der Waals surface area (Å²) in [5, 5.41) is 10.7. The highest BCUT2D eigenvalue weighted by Gasteiger charge is 2.45. The van der Waals surface area contributed by atoms with E-state index < -0.39 is 11.4 Å². The highest BCUT2D eigenvalue weighted by molar-refractivity contribution is 5.92. The number of H-pyrrole nitrogens is 1. The Balaban J connectivity index is 2.27. The Kier molecular flexibility index (Phi) is 2.96.